The number of tetrazole rings is 1. The van der Waals surface area contributed by atoms with Crippen molar-refractivity contribution in [2.45, 2.75) is 19.3 Å². The summed E-state index contributed by atoms with van der Waals surface area (Å²) in [5.41, 5.74) is 8.49. The fraction of sp³-hybridized carbons (Fsp3) is 0.130. The standard InChI is InChI=1S/C23H20N8/c1-3-8-18(9-4-1)22(25-24-20-15-14-17-10-7-11-19(17)16-20)26-27-23-28-29-30-31(23)21-12-5-2-6-13-21/h1-6,8-9,12-16,24H,7,10-11H2/b25-22+,27-26?. The molecule has 1 aromatic heterocycles. The predicted octanol–water partition coefficient (Wildman–Crippen LogP) is 4.71. The van der Waals surface area contributed by atoms with Crippen LogP contribution < -0.4 is 5.43 Å². The van der Waals surface area contributed by atoms with E-state index in [9.17, 15) is 0 Å². The van der Waals surface area contributed by atoms with E-state index in [1.165, 1.54) is 22.2 Å². The smallest absolute Gasteiger partial charge is 0.276 e. The molecule has 0 saturated carbocycles. The van der Waals surface area contributed by atoms with E-state index in [1.807, 2.05) is 66.7 Å². The van der Waals surface area contributed by atoms with Crippen molar-refractivity contribution in [1.82, 2.24) is 20.2 Å². The van der Waals surface area contributed by atoms with Gasteiger partial charge >= 0.3 is 0 Å². The minimum Gasteiger partial charge on any atom is -0.276 e. The second kappa shape index (κ2) is 8.66. The monoisotopic (exact) mass is 408 g/mol. The van der Waals surface area contributed by atoms with E-state index in [0.29, 0.717) is 5.84 Å². The van der Waals surface area contributed by atoms with Crippen molar-refractivity contribution in [1.29, 1.82) is 0 Å². The average molecular weight is 408 g/mol. The summed E-state index contributed by atoms with van der Waals surface area (Å²) in [6.45, 7) is 0. The van der Waals surface area contributed by atoms with E-state index in [0.717, 1.165) is 29.8 Å². The van der Waals surface area contributed by atoms with Crippen LogP contribution in [-0.2, 0) is 12.8 Å². The van der Waals surface area contributed by atoms with E-state index < -0.39 is 0 Å². The molecule has 1 heterocycles. The lowest BCUT2D eigenvalue weighted by Crippen LogP contribution is -2.02. The quantitative estimate of drug-likeness (QED) is 0.224. The summed E-state index contributed by atoms with van der Waals surface area (Å²) < 4.78 is 1.53. The third-order valence-electron chi connectivity index (χ3n) is 5.11. The van der Waals surface area contributed by atoms with Gasteiger partial charge in [-0.3, -0.25) is 5.43 Å². The number of fused-ring (bicyclic) bond motifs is 1. The van der Waals surface area contributed by atoms with Gasteiger partial charge in [0.15, 0.2) is 0 Å². The third-order valence-corrected chi connectivity index (χ3v) is 5.11. The van der Waals surface area contributed by atoms with Gasteiger partial charge in [-0.15, -0.1) is 10.2 Å². The van der Waals surface area contributed by atoms with Crippen molar-refractivity contribution in [2.24, 2.45) is 15.3 Å². The molecule has 0 unspecified atom stereocenters. The number of benzene rings is 3. The normalized spacial score (nSPS) is 13.5. The van der Waals surface area contributed by atoms with Crippen molar-refractivity contribution >= 4 is 17.5 Å². The number of hydrogen-bond donors (Lipinski definition) is 1. The van der Waals surface area contributed by atoms with Gasteiger partial charge < -0.3 is 0 Å². The van der Waals surface area contributed by atoms with Gasteiger partial charge in [0.1, 0.15) is 0 Å². The van der Waals surface area contributed by atoms with Gasteiger partial charge in [0.2, 0.25) is 5.84 Å². The van der Waals surface area contributed by atoms with Crippen LogP contribution in [0.15, 0.2) is 94.2 Å². The zero-order valence-electron chi connectivity index (χ0n) is 16.8. The summed E-state index contributed by atoms with van der Waals surface area (Å²) in [5, 5.41) is 24.9. The highest BCUT2D eigenvalue weighted by Gasteiger charge is 2.11. The second-order valence-electron chi connectivity index (χ2n) is 7.18. The molecule has 0 radical (unpaired) electrons. The number of amidine groups is 1. The maximum Gasteiger partial charge on any atom is 0.292 e. The van der Waals surface area contributed by atoms with Crippen LogP contribution in [0, 0.1) is 0 Å². The van der Waals surface area contributed by atoms with E-state index in [2.05, 4.69) is 48.4 Å². The van der Waals surface area contributed by atoms with Crippen molar-refractivity contribution in [3.05, 3.63) is 95.6 Å². The molecule has 0 aliphatic heterocycles. The SMILES string of the molecule is c1ccc(/C(N=Nc2nnnn2-c2ccccc2)=N\Nc2ccc3c(c2)CCC3)cc1. The van der Waals surface area contributed by atoms with Gasteiger partial charge in [-0.1, -0.05) is 59.7 Å². The fourth-order valence-corrected chi connectivity index (χ4v) is 3.56. The van der Waals surface area contributed by atoms with Crippen LogP contribution in [0.4, 0.5) is 11.6 Å². The second-order valence-corrected chi connectivity index (χ2v) is 7.18. The van der Waals surface area contributed by atoms with Gasteiger partial charge in [0.25, 0.3) is 5.95 Å². The molecular formula is C23H20N8. The molecule has 1 aliphatic carbocycles. The Morgan fingerprint density at radius 2 is 1.65 bits per heavy atom. The van der Waals surface area contributed by atoms with Gasteiger partial charge in [0.05, 0.1) is 11.4 Å². The number of para-hydroxylation sites is 1. The van der Waals surface area contributed by atoms with Gasteiger partial charge in [-0.25, -0.2) is 0 Å². The summed E-state index contributed by atoms with van der Waals surface area (Å²) in [5.74, 6) is 0.705. The number of hydrazone groups is 1. The van der Waals surface area contributed by atoms with Crippen LogP contribution in [0.25, 0.3) is 5.69 Å². The summed E-state index contributed by atoms with van der Waals surface area (Å²) in [4.78, 5) is 0. The molecule has 31 heavy (non-hydrogen) atoms. The van der Waals surface area contributed by atoms with E-state index in [-0.39, 0.29) is 5.95 Å². The summed E-state index contributed by atoms with van der Waals surface area (Å²) >= 11 is 0. The van der Waals surface area contributed by atoms with Crippen LogP contribution in [-0.4, -0.2) is 26.0 Å². The first-order chi connectivity index (χ1) is 15.4. The molecule has 0 amide bonds. The molecule has 152 valence electrons. The molecular weight excluding hydrogens is 388 g/mol. The molecule has 4 aromatic rings. The predicted molar refractivity (Wildman–Crippen MR) is 119 cm³/mol. The molecule has 0 fully saturated rings. The van der Waals surface area contributed by atoms with E-state index in [1.54, 1.807) is 0 Å². The molecule has 0 bridgehead atoms. The maximum atomic E-state index is 4.52. The Balaban J connectivity index is 1.44. The Morgan fingerprint density at radius 1 is 0.871 bits per heavy atom. The molecule has 3 aromatic carbocycles. The average Bonchev–Trinajstić information content (AvgIpc) is 3.49. The number of nitrogens with zero attached hydrogens (tertiary/aromatic N) is 7. The fourth-order valence-electron chi connectivity index (χ4n) is 3.56. The van der Waals surface area contributed by atoms with Crippen molar-refractivity contribution in [2.75, 3.05) is 5.43 Å². The maximum absolute atomic E-state index is 4.52. The minimum atomic E-state index is 0.271. The minimum absolute atomic E-state index is 0.271. The Labute approximate surface area is 179 Å². The van der Waals surface area contributed by atoms with Crippen LogP contribution in [0.3, 0.4) is 0 Å². The highest BCUT2D eigenvalue weighted by atomic mass is 15.6. The van der Waals surface area contributed by atoms with Crippen LogP contribution in [0.5, 0.6) is 0 Å². The number of anilines is 1. The lowest BCUT2D eigenvalue weighted by atomic mass is 10.1. The summed E-state index contributed by atoms with van der Waals surface area (Å²) in [7, 11) is 0. The topological polar surface area (TPSA) is 92.7 Å². The van der Waals surface area contributed by atoms with Crippen molar-refractivity contribution < 1.29 is 0 Å². The van der Waals surface area contributed by atoms with Gasteiger partial charge in [-0.05, 0) is 65.1 Å². The van der Waals surface area contributed by atoms with Crippen LogP contribution >= 0.6 is 0 Å². The largest absolute Gasteiger partial charge is 0.292 e. The van der Waals surface area contributed by atoms with Crippen LogP contribution in [0.1, 0.15) is 23.1 Å². The molecule has 8 heteroatoms. The Kier molecular flexibility index (Phi) is 5.25. The van der Waals surface area contributed by atoms with Crippen LogP contribution in [0.2, 0.25) is 0 Å². The molecule has 8 nitrogen and oxygen atoms in total. The van der Waals surface area contributed by atoms with Crippen molar-refractivity contribution in [3.8, 4) is 5.69 Å². The molecule has 0 spiro atoms. The molecule has 1 aliphatic rings. The number of nitrogens with one attached hydrogen (secondary N) is 1. The summed E-state index contributed by atoms with van der Waals surface area (Å²) in [6.07, 6.45) is 3.47. The third kappa shape index (κ3) is 4.23. The summed E-state index contributed by atoms with van der Waals surface area (Å²) in [6, 6.07) is 25.6. The molecule has 1 N–H and O–H groups in total. The highest BCUT2D eigenvalue weighted by molar-refractivity contribution is 5.99. The lowest BCUT2D eigenvalue weighted by molar-refractivity contribution is 0.788. The van der Waals surface area contributed by atoms with E-state index >= 15 is 0 Å². The lowest BCUT2D eigenvalue weighted by Gasteiger charge is -2.06. The number of hydrogen-bond acceptors (Lipinski definition) is 6. The Hall–Kier alpha value is -4.20. The first-order valence-electron chi connectivity index (χ1n) is 10.1. The molecule has 0 atom stereocenters. The zero-order valence-corrected chi connectivity index (χ0v) is 16.8. The number of aryl methyl sites for hydroxylation is 2. The highest BCUT2D eigenvalue weighted by Crippen LogP contribution is 2.25. The van der Waals surface area contributed by atoms with Crippen molar-refractivity contribution in [3.63, 3.8) is 0 Å². The number of azo groups is 1. The molecule has 0 saturated heterocycles. The van der Waals surface area contributed by atoms with E-state index in [4.69, 9.17) is 0 Å². The zero-order chi connectivity index (χ0) is 20.9. The Bertz CT molecular complexity index is 1230. The first-order valence-corrected chi connectivity index (χ1v) is 10.1. The Morgan fingerprint density at radius 3 is 2.48 bits per heavy atom. The number of aromatic nitrogens is 4. The van der Waals surface area contributed by atoms with Gasteiger partial charge in [0, 0.05) is 5.56 Å². The first kappa shape index (κ1) is 18.8. The molecule has 5 rings (SSSR count). The van der Waals surface area contributed by atoms with Gasteiger partial charge in [-0.2, -0.15) is 9.78 Å². The number of rotatable bonds is 5.